The smallest absolute Gasteiger partial charge is 0.248 e. The summed E-state index contributed by atoms with van der Waals surface area (Å²) in [6.07, 6.45) is 0. The number of fused-ring (bicyclic) bond motifs is 2. The molecule has 20 heavy (non-hydrogen) atoms. The van der Waals surface area contributed by atoms with E-state index in [0.29, 0.717) is 16.7 Å². The molecule has 0 bridgehead atoms. The molecule has 1 aliphatic rings. The van der Waals surface area contributed by atoms with Crippen LogP contribution in [0.15, 0.2) is 42.5 Å². The monoisotopic (exact) mass is 287 g/mol. The summed E-state index contributed by atoms with van der Waals surface area (Å²) in [5.41, 5.74) is 6.72. The molecule has 5 heteroatoms. The van der Waals surface area contributed by atoms with Crippen molar-refractivity contribution in [1.29, 1.82) is 0 Å². The normalized spacial score (nSPS) is 12.2. The first kappa shape index (κ1) is 14.0. The quantitative estimate of drug-likeness (QED) is 0.743. The Hall–Kier alpha value is -2.46. The maximum Gasteiger partial charge on any atom is 0.248 e. The molecule has 0 radical (unpaired) electrons. The van der Waals surface area contributed by atoms with E-state index in [1.54, 1.807) is 24.3 Å². The number of amides is 1. The van der Waals surface area contributed by atoms with Crippen molar-refractivity contribution < 1.29 is 14.4 Å². The third-order valence-corrected chi connectivity index (χ3v) is 3.21. The summed E-state index contributed by atoms with van der Waals surface area (Å²) in [5.74, 6) is -1.09. The molecule has 0 saturated carbocycles. The number of hydrogen-bond donors (Lipinski definition) is 1. The fourth-order valence-electron chi connectivity index (χ4n) is 2.25. The second-order valence-electron chi connectivity index (χ2n) is 4.33. The number of nitrogens with two attached hydrogens (primary N) is 1. The Balaban J connectivity index is 0.00000147. The van der Waals surface area contributed by atoms with Gasteiger partial charge < -0.3 is 5.73 Å². The summed E-state index contributed by atoms with van der Waals surface area (Å²) in [4.78, 5) is 35.7. The van der Waals surface area contributed by atoms with Crippen molar-refractivity contribution in [2.75, 3.05) is 0 Å². The van der Waals surface area contributed by atoms with Gasteiger partial charge in [0.1, 0.15) is 0 Å². The Morgan fingerprint density at radius 2 is 1.30 bits per heavy atom. The minimum atomic E-state index is -0.623. The molecule has 100 valence electrons. The van der Waals surface area contributed by atoms with Gasteiger partial charge in [0.2, 0.25) is 5.91 Å². The number of primary amides is 1. The van der Waals surface area contributed by atoms with E-state index in [9.17, 15) is 14.4 Å². The van der Waals surface area contributed by atoms with Crippen LogP contribution in [-0.2, 0) is 0 Å². The van der Waals surface area contributed by atoms with Crippen molar-refractivity contribution >= 4 is 29.9 Å². The standard InChI is InChI=1S/C15H9NO3.ClH/c16-15(19)8-5-6-11-12(7-8)14(18)10-4-2-1-3-9(10)13(11)17;/h1-7H,(H2,16,19);1H. The second-order valence-corrected chi connectivity index (χ2v) is 4.33. The van der Waals surface area contributed by atoms with E-state index < -0.39 is 5.91 Å². The average Bonchev–Trinajstić information content (AvgIpc) is 2.44. The van der Waals surface area contributed by atoms with Gasteiger partial charge in [-0.2, -0.15) is 0 Å². The maximum atomic E-state index is 12.3. The zero-order valence-electron chi connectivity index (χ0n) is 10.3. The molecular weight excluding hydrogens is 278 g/mol. The Labute approximate surface area is 121 Å². The van der Waals surface area contributed by atoms with Gasteiger partial charge in [-0.3, -0.25) is 14.4 Å². The summed E-state index contributed by atoms with van der Waals surface area (Å²) in [5, 5.41) is 0. The molecule has 4 nitrogen and oxygen atoms in total. The number of ketones is 2. The summed E-state index contributed by atoms with van der Waals surface area (Å²) >= 11 is 0. The van der Waals surface area contributed by atoms with Crippen LogP contribution >= 0.6 is 12.4 Å². The third-order valence-electron chi connectivity index (χ3n) is 3.21. The molecule has 2 N–H and O–H groups in total. The van der Waals surface area contributed by atoms with Crippen LogP contribution < -0.4 is 5.73 Å². The molecular formula is C15H10ClNO3. The van der Waals surface area contributed by atoms with E-state index in [0.717, 1.165) is 0 Å². The van der Waals surface area contributed by atoms with Crippen LogP contribution in [0.3, 0.4) is 0 Å². The van der Waals surface area contributed by atoms with E-state index >= 15 is 0 Å². The zero-order chi connectivity index (χ0) is 13.6. The molecule has 0 aromatic heterocycles. The van der Waals surface area contributed by atoms with Gasteiger partial charge in [0, 0.05) is 27.8 Å². The van der Waals surface area contributed by atoms with Gasteiger partial charge in [0.25, 0.3) is 0 Å². The fourth-order valence-corrected chi connectivity index (χ4v) is 2.25. The lowest BCUT2D eigenvalue weighted by atomic mass is 9.83. The SMILES string of the molecule is Cl.NC(=O)c1ccc2c(c1)C(=O)c1ccccc1C2=O. The van der Waals surface area contributed by atoms with Crippen molar-refractivity contribution in [3.63, 3.8) is 0 Å². The highest BCUT2D eigenvalue weighted by Gasteiger charge is 2.29. The van der Waals surface area contributed by atoms with Crippen LogP contribution in [0.5, 0.6) is 0 Å². The first-order valence-electron chi connectivity index (χ1n) is 5.72. The van der Waals surface area contributed by atoms with Gasteiger partial charge >= 0.3 is 0 Å². The van der Waals surface area contributed by atoms with Gasteiger partial charge in [-0.05, 0) is 18.2 Å². The van der Waals surface area contributed by atoms with E-state index in [-0.39, 0.29) is 35.1 Å². The summed E-state index contributed by atoms with van der Waals surface area (Å²) < 4.78 is 0. The lowest BCUT2D eigenvalue weighted by Gasteiger charge is -2.17. The minimum Gasteiger partial charge on any atom is -0.366 e. The molecule has 0 aliphatic heterocycles. The van der Waals surface area contributed by atoms with Crippen molar-refractivity contribution in [2.45, 2.75) is 0 Å². The first-order chi connectivity index (χ1) is 9.09. The van der Waals surface area contributed by atoms with E-state index in [4.69, 9.17) is 5.73 Å². The summed E-state index contributed by atoms with van der Waals surface area (Å²) in [7, 11) is 0. The zero-order valence-corrected chi connectivity index (χ0v) is 11.1. The Morgan fingerprint density at radius 3 is 1.85 bits per heavy atom. The summed E-state index contributed by atoms with van der Waals surface area (Å²) in [6, 6.07) is 11.0. The topological polar surface area (TPSA) is 77.2 Å². The highest BCUT2D eigenvalue weighted by molar-refractivity contribution is 6.28. The predicted molar refractivity (Wildman–Crippen MR) is 75.5 cm³/mol. The van der Waals surface area contributed by atoms with Crippen LogP contribution in [0.1, 0.15) is 42.2 Å². The highest BCUT2D eigenvalue weighted by Crippen LogP contribution is 2.27. The van der Waals surface area contributed by atoms with Gasteiger partial charge in [-0.15, -0.1) is 12.4 Å². The van der Waals surface area contributed by atoms with Crippen LogP contribution in [0.2, 0.25) is 0 Å². The van der Waals surface area contributed by atoms with Crippen LogP contribution in [0.25, 0.3) is 0 Å². The van der Waals surface area contributed by atoms with Crippen LogP contribution in [0.4, 0.5) is 0 Å². The molecule has 0 atom stereocenters. The number of carbonyl (C=O) groups excluding carboxylic acids is 3. The van der Waals surface area contributed by atoms with E-state index in [2.05, 4.69) is 0 Å². The Bertz CT molecular complexity index is 753. The number of halogens is 1. The van der Waals surface area contributed by atoms with Gasteiger partial charge in [0.05, 0.1) is 0 Å². The maximum absolute atomic E-state index is 12.3. The third kappa shape index (κ3) is 1.90. The van der Waals surface area contributed by atoms with Crippen molar-refractivity contribution in [1.82, 2.24) is 0 Å². The van der Waals surface area contributed by atoms with Crippen LogP contribution in [-0.4, -0.2) is 17.5 Å². The number of carbonyl (C=O) groups is 3. The van der Waals surface area contributed by atoms with Crippen molar-refractivity contribution in [3.05, 3.63) is 70.3 Å². The Morgan fingerprint density at radius 1 is 0.800 bits per heavy atom. The molecule has 3 rings (SSSR count). The molecule has 0 unspecified atom stereocenters. The largest absolute Gasteiger partial charge is 0.366 e. The highest BCUT2D eigenvalue weighted by atomic mass is 35.5. The molecule has 2 aromatic carbocycles. The molecule has 0 saturated heterocycles. The van der Waals surface area contributed by atoms with Crippen molar-refractivity contribution in [3.8, 4) is 0 Å². The fraction of sp³-hybridized carbons (Fsp3) is 0. The second kappa shape index (κ2) is 4.90. The Kier molecular flexibility index (Phi) is 3.42. The van der Waals surface area contributed by atoms with Gasteiger partial charge in [-0.1, -0.05) is 24.3 Å². The number of hydrogen-bond acceptors (Lipinski definition) is 3. The number of benzene rings is 2. The van der Waals surface area contributed by atoms with E-state index in [1.807, 2.05) is 0 Å². The van der Waals surface area contributed by atoms with Gasteiger partial charge in [-0.25, -0.2) is 0 Å². The van der Waals surface area contributed by atoms with Crippen molar-refractivity contribution in [2.24, 2.45) is 5.73 Å². The molecule has 0 spiro atoms. The minimum absolute atomic E-state index is 0. The molecule has 2 aromatic rings. The first-order valence-corrected chi connectivity index (χ1v) is 5.72. The lowest BCUT2D eigenvalue weighted by Crippen LogP contribution is -2.22. The predicted octanol–water partition coefficient (Wildman–Crippen LogP) is 1.98. The molecule has 0 fully saturated rings. The molecule has 0 heterocycles. The number of rotatable bonds is 1. The molecule has 1 amide bonds. The summed E-state index contributed by atoms with van der Waals surface area (Å²) in [6.45, 7) is 0. The lowest BCUT2D eigenvalue weighted by molar-refractivity contribution is 0.0976. The van der Waals surface area contributed by atoms with Gasteiger partial charge in [0.15, 0.2) is 11.6 Å². The van der Waals surface area contributed by atoms with Crippen LogP contribution in [0, 0.1) is 0 Å². The average molecular weight is 288 g/mol. The van der Waals surface area contributed by atoms with E-state index in [1.165, 1.54) is 18.2 Å². The molecule has 1 aliphatic carbocycles.